The molecule has 1 aromatic heterocycles. The summed E-state index contributed by atoms with van der Waals surface area (Å²) in [6.45, 7) is -0.713. The fourth-order valence-electron chi connectivity index (χ4n) is 4.60. The zero-order chi connectivity index (χ0) is 29.4. The van der Waals surface area contributed by atoms with Crippen molar-refractivity contribution >= 4 is 11.0 Å². The smallest absolute Gasteiger partial charge is 0.229 e. The molecule has 2 aliphatic rings. The van der Waals surface area contributed by atoms with Crippen molar-refractivity contribution in [3.05, 3.63) is 52.7 Å². The summed E-state index contributed by atoms with van der Waals surface area (Å²) in [6, 6.07) is 10.2. The van der Waals surface area contributed by atoms with E-state index in [0.717, 1.165) is 0 Å². The maximum absolute atomic E-state index is 12.6. The number of benzene rings is 2. The van der Waals surface area contributed by atoms with E-state index in [2.05, 4.69) is 0 Å². The molecule has 9 atom stereocenters. The second-order valence-corrected chi connectivity index (χ2v) is 9.74. The van der Waals surface area contributed by atoms with Crippen molar-refractivity contribution in [2.75, 3.05) is 20.3 Å². The van der Waals surface area contributed by atoms with Crippen LogP contribution in [-0.2, 0) is 14.2 Å². The summed E-state index contributed by atoms with van der Waals surface area (Å²) in [4.78, 5) is 12.6. The van der Waals surface area contributed by atoms with Crippen LogP contribution in [0, 0.1) is 0 Å². The van der Waals surface area contributed by atoms with E-state index in [-0.39, 0.29) is 34.8 Å². The van der Waals surface area contributed by atoms with Gasteiger partial charge in [-0.05, 0) is 24.3 Å². The Labute approximate surface area is 232 Å². The summed E-state index contributed by atoms with van der Waals surface area (Å²) in [5, 5.41) is 70.7. The van der Waals surface area contributed by atoms with E-state index in [1.54, 1.807) is 12.1 Å². The zero-order valence-corrected chi connectivity index (χ0v) is 21.6. The minimum absolute atomic E-state index is 0.00976. The van der Waals surface area contributed by atoms with E-state index in [1.807, 2.05) is 0 Å². The van der Waals surface area contributed by atoms with E-state index < -0.39 is 67.3 Å². The molecule has 0 spiro atoms. The van der Waals surface area contributed by atoms with Gasteiger partial charge in [0.1, 0.15) is 76.7 Å². The molecule has 2 aromatic carbocycles. The molecule has 0 saturated carbocycles. The number of aliphatic hydroxyl groups is 6. The lowest BCUT2D eigenvalue weighted by Gasteiger charge is -2.41. The van der Waals surface area contributed by atoms with E-state index in [1.165, 1.54) is 37.4 Å². The molecule has 0 unspecified atom stereocenters. The maximum Gasteiger partial charge on any atom is 0.229 e. The van der Waals surface area contributed by atoms with Gasteiger partial charge in [0.05, 0.1) is 20.3 Å². The largest absolute Gasteiger partial charge is 0.507 e. The van der Waals surface area contributed by atoms with Crippen LogP contribution in [0.15, 0.2) is 51.7 Å². The van der Waals surface area contributed by atoms with Crippen LogP contribution in [0.1, 0.15) is 0 Å². The standard InChI is InChI=1S/C27H30O14/c1-36-13-6-14(28)20-15(29)8-17(40-18(20)7-13)11-2-4-12(5-3-11)39-27-25(35)23(33)22(32)19(41-27)10-38-26-24(34)21(31)16(30)9-37-26/h2-8,16,19,21-28,30-35H,9-10H2,1H3/t16-,19+,21-,22-,23-,24+,25+,26-,27+/m0/s1. The Morgan fingerprint density at radius 1 is 0.854 bits per heavy atom. The highest BCUT2D eigenvalue weighted by molar-refractivity contribution is 5.86. The topological polar surface area (TPSA) is 218 Å². The average molecular weight is 579 g/mol. The summed E-state index contributed by atoms with van der Waals surface area (Å²) >= 11 is 0. The molecule has 2 saturated heterocycles. The highest BCUT2D eigenvalue weighted by Crippen LogP contribution is 2.32. The van der Waals surface area contributed by atoms with Gasteiger partial charge in [-0.1, -0.05) is 0 Å². The first kappa shape index (κ1) is 29.2. The molecule has 2 aliphatic heterocycles. The van der Waals surface area contributed by atoms with Crippen molar-refractivity contribution in [3.63, 3.8) is 0 Å². The molecule has 0 bridgehead atoms. The molecule has 0 radical (unpaired) electrons. The molecular weight excluding hydrogens is 548 g/mol. The third-order valence-corrected chi connectivity index (χ3v) is 6.96. The zero-order valence-electron chi connectivity index (χ0n) is 21.6. The molecule has 222 valence electrons. The van der Waals surface area contributed by atoms with Crippen LogP contribution in [0.3, 0.4) is 0 Å². The molecule has 3 aromatic rings. The molecule has 14 nitrogen and oxygen atoms in total. The number of aromatic hydroxyl groups is 1. The Morgan fingerprint density at radius 3 is 2.27 bits per heavy atom. The van der Waals surface area contributed by atoms with Crippen molar-refractivity contribution < 1.29 is 63.8 Å². The van der Waals surface area contributed by atoms with Crippen molar-refractivity contribution in [1.82, 2.24) is 0 Å². The van der Waals surface area contributed by atoms with Gasteiger partial charge in [0.25, 0.3) is 0 Å². The van der Waals surface area contributed by atoms with Crippen LogP contribution in [0.4, 0.5) is 0 Å². The number of methoxy groups -OCH3 is 1. The summed E-state index contributed by atoms with van der Waals surface area (Å²) in [5.74, 6) is 0.437. The third kappa shape index (κ3) is 5.88. The molecule has 7 N–H and O–H groups in total. The second-order valence-electron chi connectivity index (χ2n) is 9.74. The number of phenols is 1. The molecule has 14 heteroatoms. The van der Waals surface area contributed by atoms with Gasteiger partial charge in [-0.3, -0.25) is 4.79 Å². The first-order valence-corrected chi connectivity index (χ1v) is 12.7. The average Bonchev–Trinajstić information content (AvgIpc) is 2.96. The summed E-state index contributed by atoms with van der Waals surface area (Å²) in [7, 11) is 1.41. The predicted molar refractivity (Wildman–Crippen MR) is 137 cm³/mol. The number of hydrogen-bond donors (Lipinski definition) is 7. The number of fused-ring (bicyclic) bond motifs is 1. The second kappa shape index (κ2) is 11.9. The van der Waals surface area contributed by atoms with E-state index in [4.69, 9.17) is 28.1 Å². The van der Waals surface area contributed by atoms with Crippen LogP contribution in [0.2, 0.25) is 0 Å². The van der Waals surface area contributed by atoms with Crippen molar-refractivity contribution in [2.24, 2.45) is 0 Å². The molecular formula is C27H30O14. The molecule has 0 amide bonds. The molecule has 3 heterocycles. The summed E-state index contributed by atoms with van der Waals surface area (Å²) < 4.78 is 32.8. The van der Waals surface area contributed by atoms with Crippen molar-refractivity contribution in [1.29, 1.82) is 0 Å². The van der Waals surface area contributed by atoms with Crippen molar-refractivity contribution in [2.45, 2.75) is 55.3 Å². The quantitative estimate of drug-likeness (QED) is 0.176. The fraction of sp³-hybridized carbons (Fsp3) is 0.444. The van der Waals surface area contributed by atoms with Gasteiger partial charge in [-0.2, -0.15) is 0 Å². The lowest BCUT2D eigenvalue weighted by Crippen LogP contribution is -2.61. The Balaban J connectivity index is 1.28. The van der Waals surface area contributed by atoms with E-state index >= 15 is 0 Å². The number of aliphatic hydroxyl groups excluding tert-OH is 6. The molecule has 41 heavy (non-hydrogen) atoms. The number of hydrogen-bond acceptors (Lipinski definition) is 14. The van der Waals surface area contributed by atoms with Crippen molar-refractivity contribution in [3.8, 4) is 28.6 Å². The minimum atomic E-state index is -1.67. The first-order valence-electron chi connectivity index (χ1n) is 12.7. The predicted octanol–water partition coefficient (Wildman–Crippen LogP) is -1.18. The SMILES string of the molecule is COc1cc(O)c2c(=O)cc(-c3ccc(O[C@@H]4O[C@H](CO[C@@H]5OC[C@H](O)[C@H](O)[C@H]5O)[C@H](O)[C@H](O)[C@H]4O)cc3)oc2c1. The van der Waals surface area contributed by atoms with E-state index in [9.17, 15) is 40.5 Å². The highest BCUT2D eigenvalue weighted by Gasteiger charge is 2.46. The lowest BCUT2D eigenvalue weighted by molar-refractivity contribution is -0.307. The lowest BCUT2D eigenvalue weighted by atomic mass is 9.99. The minimum Gasteiger partial charge on any atom is -0.507 e. The Hall–Kier alpha value is -3.31. The maximum atomic E-state index is 12.6. The van der Waals surface area contributed by atoms with E-state index in [0.29, 0.717) is 11.3 Å². The normalized spacial score (nSPS) is 32.1. The summed E-state index contributed by atoms with van der Waals surface area (Å²) in [5.41, 5.74) is 0.156. The molecule has 5 rings (SSSR count). The van der Waals surface area contributed by atoms with Crippen LogP contribution in [0.25, 0.3) is 22.3 Å². The van der Waals surface area contributed by atoms with Gasteiger partial charge in [-0.25, -0.2) is 0 Å². The van der Waals surface area contributed by atoms with Crippen LogP contribution in [-0.4, -0.2) is 111 Å². The number of phenolic OH excluding ortho intramolecular Hbond substituents is 1. The number of rotatable bonds is 7. The summed E-state index contributed by atoms with van der Waals surface area (Å²) in [6.07, 6.45) is -13.3. The monoisotopic (exact) mass is 578 g/mol. The highest BCUT2D eigenvalue weighted by atomic mass is 16.7. The third-order valence-electron chi connectivity index (χ3n) is 6.96. The van der Waals surface area contributed by atoms with Gasteiger partial charge < -0.3 is 63.8 Å². The Kier molecular flexibility index (Phi) is 8.47. The Bertz CT molecular complexity index is 1410. The van der Waals surface area contributed by atoms with Gasteiger partial charge in [-0.15, -0.1) is 0 Å². The first-order chi connectivity index (χ1) is 19.6. The van der Waals surface area contributed by atoms with Gasteiger partial charge >= 0.3 is 0 Å². The van der Waals surface area contributed by atoms with Crippen LogP contribution in [0.5, 0.6) is 17.2 Å². The molecule has 2 fully saturated rings. The fourth-order valence-corrected chi connectivity index (χ4v) is 4.60. The Morgan fingerprint density at radius 2 is 1.56 bits per heavy atom. The molecule has 0 aliphatic carbocycles. The van der Waals surface area contributed by atoms with Gasteiger partial charge in [0.15, 0.2) is 11.7 Å². The van der Waals surface area contributed by atoms with Gasteiger partial charge in [0, 0.05) is 23.8 Å². The van der Waals surface area contributed by atoms with Gasteiger partial charge in [0.2, 0.25) is 6.29 Å². The number of ether oxygens (including phenoxy) is 5. The van der Waals surface area contributed by atoms with Crippen LogP contribution >= 0.6 is 0 Å². The van der Waals surface area contributed by atoms with Crippen LogP contribution < -0.4 is 14.9 Å².